The van der Waals surface area contributed by atoms with Gasteiger partial charge in [0.15, 0.2) is 6.29 Å². The van der Waals surface area contributed by atoms with Gasteiger partial charge in [0.1, 0.15) is 5.56 Å². The third-order valence-electron chi connectivity index (χ3n) is 1.60. The lowest BCUT2D eigenvalue weighted by atomic mass is 10.2. The van der Waals surface area contributed by atoms with Gasteiger partial charge in [0.25, 0.3) is 0 Å². The van der Waals surface area contributed by atoms with Gasteiger partial charge in [-0.25, -0.2) is 4.79 Å². The fourth-order valence-electron chi connectivity index (χ4n) is 0.949. The minimum atomic E-state index is -0.725. The summed E-state index contributed by atoms with van der Waals surface area (Å²) in [4.78, 5) is 35.5. The van der Waals surface area contributed by atoms with Gasteiger partial charge in [0.05, 0.1) is 12.2 Å². The Balaban J connectivity index is 3.16. The molecule has 0 amide bonds. The van der Waals surface area contributed by atoms with E-state index < -0.39 is 11.4 Å². The molecule has 5 nitrogen and oxygen atoms in total. The van der Waals surface area contributed by atoms with Crippen molar-refractivity contribution < 1.29 is 14.3 Å². The highest BCUT2D eigenvalue weighted by atomic mass is 16.5. The molecule has 0 fully saturated rings. The van der Waals surface area contributed by atoms with Crippen LogP contribution in [0.15, 0.2) is 17.2 Å². The molecule has 0 saturated carbocycles. The van der Waals surface area contributed by atoms with Crippen LogP contribution in [0.3, 0.4) is 0 Å². The molecule has 0 saturated heterocycles. The van der Waals surface area contributed by atoms with Crippen molar-refractivity contribution in [2.45, 2.75) is 6.92 Å². The quantitative estimate of drug-likeness (QED) is 0.558. The molecule has 0 radical (unpaired) electrons. The van der Waals surface area contributed by atoms with E-state index in [1.807, 2.05) is 0 Å². The predicted octanol–water partition coefficient (Wildman–Crippen LogP) is 0.364. The van der Waals surface area contributed by atoms with Crippen LogP contribution in [0.25, 0.3) is 0 Å². The number of aromatic nitrogens is 1. The molecule has 0 aliphatic carbocycles. The van der Waals surface area contributed by atoms with Crippen molar-refractivity contribution in [2.24, 2.45) is 0 Å². The summed E-state index contributed by atoms with van der Waals surface area (Å²) in [5.74, 6) is -0.725. The number of pyridine rings is 1. The van der Waals surface area contributed by atoms with Crippen LogP contribution in [0.5, 0.6) is 0 Å². The lowest BCUT2D eigenvalue weighted by molar-refractivity contribution is 0.0524. The van der Waals surface area contributed by atoms with E-state index in [9.17, 15) is 14.4 Å². The van der Waals surface area contributed by atoms with E-state index in [0.717, 1.165) is 0 Å². The molecule has 0 bridgehead atoms. The van der Waals surface area contributed by atoms with Gasteiger partial charge in [-0.3, -0.25) is 9.59 Å². The van der Waals surface area contributed by atoms with Crippen LogP contribution in [-0.2, 0) is 4.74 Å². The van der Waals surface area contributed by atoms with Crippen LogP contribution in [-0.4, -0.2) is 23.8 Å². The van der Waals surface area contributed by atoms with Crippen LogP contribution in [0.4, 0.5) is 0 Å². The third kappa shape index (κ3) is 1.87. The van der Waals surface area contributed by atoms with Gasteiger partial charge in [0.2, 0.25) is 5.43 Å². The molecule has 1 heterocycles. The Labute approximate surface area is 79.7 Å². The molecule has 0 aliphatic rings. The molecular formula is C9H9NO4. The summed E-state index contributed by atoms with van der Waals surface area (Å²) in [5.41, 5.74) is -0.857. The topological polar surface area (TPSA) is 76.2 Å². The molecule has 74 valence electrons. The van der Waals surface area contributed by atoms with Crippen LogP contribution in [0, 0.1) is 0 Å². The number of hydrogen-bond acceptors (Lipinski definition) is 4. The van der Waals surface area contributed by atoms with Gasteiger partial charge in [0, 0.05) is 12.4 Å². The van der Waals surface area contributed by atoms with Gasteiger partial charge in [-0.05, 0) is 6.92 Å². The Morgan fingerprint density at radius 3 is 2.86 bits per heavy atom. The summed E-state index contributed by atoms with van der Waals surface area (Å²) in [7, 11) is 0. The average Bonchev–Trinajstić information content (AvgIpc) is 2.18. The summed E-state index contributed by atoms with van der Waals surface area (Å²) >= 11 is 0. The van der Waals surface area contributed by atoms with Crippen LogP contribution >= 0.6 is 0 Å². The zero-order valence-corrected chi connectivity index (χ0v) is 7.57. The second kappa shape index (κ2) is 4.36. The summed E-state index contributed by atoms with van der Waals surface area (Å²) in [6, 6.07) is 0. The molecule has 1 aromatic rings. The van der Waals surface area contributed by atoms with Crippen molar-refractivity contribution in [3.8, 4) is 0 Å². The van der Waals surface area contributed by atoms with Gasteiger partial charge >= 0.3 is 5.97 Å². The molecule has 0 unspecified atom stereocenters. The number of aldehydes is 1. The van der Waals surface area contributed by atoms with E-state index in [2.05, 4.69) is 9.72 Å². The molecule has 1 N–H and O–H groups in total. The first-order valence-electron chi connectivity index (χ1n) is 4.04. The SMILES string of the molecule is CCOC(=O)c1c[nH]cc(C=O)c1=O. The van der Waals surface area contributed by atoms with Crippen molar-refractivity contribution in [3.05, 3.63) is 33.7 Å². The van der Waals surface area contributed by atoms with E-state index >= 15 is 0 Å². The number of nitrogens with one attached hydrogen (secondary N) is 1. The second-order valence-electron chi connectivity index (χ2n) is 2.49. The maximum atomic E-state index is 11.4. The van der Waals surface area contributed by atoms with Gasteiger partial charge in [-0.1, -0.05) is 0 Å². The molecule has 0 spiro atoms. The van der Waals surface area contributed by atoms with Crippen LogP contribution < -0.4 is 5.43 Å². The number of H-pyrrole nitrogens is 1. The van der Waals surface area contributed by atoms with E-state index in [4.69, 9.17) is 0 Å². The van der Waals surface area contributed by atoms with E-state index in [-0.39, 0.29) is 17.7 Å². The number of carbonyl (C=O) groups is 2. The molecule has 0 aromatic carbocycles. The number of aromatic amines is 1. The van der Waals surface area contributed by atoms with Crippen molar-refractivity contribution in [1.29, 1.82) is 0 Å². The second-order valence-corrected chi connectivity index (χ2v) is 2.49. The first kappa shape index (κ1) is 10.2. The Hall–Kier alpha value is -1.91. The highest BCUT2D eigenvalue weighted by Gasteiger charge is 2.13. The fourth-order valence-corrected chi connectivity index (χ4v) is 0.949. The standard InChI is InChI=1S/C9H9NO4/c1-2-14-9(13)7-4-10-3-6(5-11)8(7)12/h3-5H,2H2,1H3,(H,10,12). The maximum absolute atomic E-state index is 11.4. The smallest absolute Gasteiger partial charge is 0.343 e. The fraction of sp³-hybridized carbons (Fsp3) is 0.222. The Kier molecular flexibility index (Phi) is 3.17. The molecule has 0 atom stereocenters. The molecule has 1 rings (SSSR count). The van der Waals surface area contributed by atoms with Gasteiger partial charge in [-0.15, -0.1) is 0 Å². The summed E-state index contributed by atoms with van der Waals surface area (Å²) in [5, 5.41) is 0. The normalized spacial score (nSPS) is 9.50. The number of carbonyl (C=O) groups excluding carboxylic acids is 2. The molecule has 14 heavy (non-hydrogen) atoms. The zero-order chi connectivity index (χ0) is 10.6. The summed E-state index contributed by atoms with van der Waals surface area (Å²) in [6.45, 7) is 1.82. The number of esters is 1. The van der Waals surface area contributed by atoms with E-state index in [1.54, 1.807) is 6.92 Å². The largest absolute Gasteiger partial charge is 0.462 e. The van der Waals surface area contributed by atoms with E-state index in [0.29, 0.717) is 6.29 Å². The summed E-state index contributed by atoms with van der Waals surface area (Å²) < 4.78 is 4.63. The number of ether oxygens (including phenoxy) is 1. The van der Waals surface area contributed by atoms with Crippen molar-refractivity contribution in [3.63, 3.8) is 0 Å². The molecule has 1 aromatic heterocycles. The van der Waals surface area contributed by atoms with Crippen molar-refractivity contribution >= 4 is 12.3 Å². The van der Waals surface area contributed by atoms with Crippen LogP contribution in [0.2, 0.25) is 0 Å². The molecule has 0 aliphatic heterocycles. The minimum Gasteiger partial charge on any atom is -0.462 e. The first-order valence-corrected chi connectivity index (χ1v) is 4.04. The highest BCUT2D eigenvalue weighted by Crippen LogP contribution is 1.95. The van der Waals surface area contributed by atoms with Gasteiger partial charge < -0.3 is 9.72 Å². The van der Waals surface area contributed by atoms with Crippen molar-refractivity contribution in [2.75, 3.05) is 6.61 Å². The van der Waals surface area contributed by atoms with Gasteiger partial charge in [-0.2, -0.15) is 0 Å². The van der Waals surface area contributed by atoms with Crippen LogP contribution in [0.1, 0.15) is 27.6 Å². The lowest BCUT2D eigenvalue weighted by Crippen LogP contribution is -2.20. The Bertz CT molecular complexity index is 408. The molecular weight excluding hydrogens is 186 g/mol. The number of hydrogen-bond donors (Lipinski definition) is 1. The highest BCUT2D eigenvalue weighted by molar-refractivity contribution is 5.90. The maximum Gasteiger partial charge on any atom is 0.343 e. The first-order chi connectivity index (χ1) is 6.70. The summed E-state index contributed by atoms with van der Waals surface area (Å²) in [6.07, 6.45) is 2.84. The lowest BCUT2D eigenvalue weighted by Gasteiger charge is -2.00. The third-order valence-corrected chi connectivity index (χ3v) is 1.60. The number of rotatable bonds is 3. The predicted molar refractivity (Wildman–Crippen MR) is 48.4 cm³/mol. The monoisotopic (exact) mass is 195 g/mol. The minimum absolute atomic E-state index is 0.0875. The Morgan fingerprint density at radius 2 is 2.29 bits per heavy atom. The Morgan fingerprint density at radius 1 is 1.57 bits per heavy atom. The molecule has 5 heteroatoms. The average molecular weight is 195 g/mol. The van der Waals surface area contributed by atoms with E-state index in [1.165, 1.54) is 12.4 Å². The van der Waals surface area contributed by atoms with Crippen molar-refractivity contribution in [1.82, 2.24) is 4.98 Å². The zero-order valence-electron chi connectivity index (χ0n) is 7.57.